The molecule has 1 atom stereocenters. The summed E-state index contributed by atoms with van der Waals surface area (Å²) in [6, 6.07) is 17.0. The second-order valence-corrected chi connectivity index (χ2v) is 10.4. The van der Waals surface area contributed by atoms with Crippen LogP contribution >= 0.6 is 0 Å². The molecule has 3 aromatic rings. The Bertz CT molecular complexity index is 1300. The Hall–Kier alpha value is -3.52. The van der Waals surface area contributed by atoms with E-state index >= 15 is 0 Å². The highest BCUT2D eigenvalue weighted by atomic mass is 32.2. The number of rotatable bonds is 9. The molecule has 8 heteroatoms. The van der Waals surface area contributed by atoms with E-state index in [9.17, 15) is 13.2 Å². The summed E-state index contributed by atoms with van der Waals surface area (Å²) in [5.74, 6) is 0.295. The first-order chi connectivity index (χ1) is 16.6. The number of carbonyl (C=O) groups is 1. The van der Waals surface area contributed by atoms with Gasteiger partial charge in [-0.15, -0.1) is 0 Å². The quantitative estimate of drug-likeness (QED) is 0.464. The van der Waals surface area contributed by atoms with Crippen molar-refractivity contribution >= 4 is 21.6 Å². The number of nitrogens with zero attached hydrogens (tertiary/aromatic N) is 1. The van der Waals surface area contributed by atoms with Crippen molar-refractivity contribution in [3.05, 3.63) is 82.9 Å². The molecule has 0 saturated carbocycles. The van der Waals surface area contributed by atoms with Gasteiger partial charge in [-0.05, 0) is 63.1 Å². The van der Waals surface area contributed by atoms with E-state index in [0.717, 1.165) is 26.6 Å². The minimum Gasteiger partial charge on any atom is -0.497 e. The van der Waals surface area contributed by atoms with Gasteiger partial charge in [0.05, 0.1) is 30.8 Å². The van der Waals surface area contributed by atoms with Crippen LogP contribution in [0.15, 0.2) is 65.6 Å². The number of carbonyl (C=O) groups excluding carboxylic acids is 1. The third-order valence-corrected chi connectivity index (χ3v) is 7.59. The second-order valence-electron chi connectivity index (χ2n) is 8.51. The van der Waals surface area contributed by atoms with Crippen molar-refractivity contribution in [1.29, 1.82) is 0 Å². The topological polar surface area (TPSA) is 84.9 Å². The van der Waals surface area contributed by atoms with Gasteiger partial charge < -0.3 is 14.8 Å². The molecule has 0 aliphatic carbocycles. The van der Waals surface area contributed by atoms with Crippen LogP contribution in [0.25, 0.3) is 0 Å². The Morgan fingerprint density at radius 2 is 1.57 bits per heavy atom. The summed E-state index contributed by atoms with van der Waals surface area (Å²) in [5.41, 5.74) is 4.29. The van der Waals surface area contributed by atoms with Crippen molar-refractivity contribution in [2.75, 3.05) is 25.1 Å². The maximum atomic E-state index is 13.7. The number of ether oxygens (including phenoxy) is 2. The molecule has 0 unspecified atom stereocenters. The van der Waals surface area contributed by atoms with Crippen LogP contribution in [-0.2, 0) is 14.8 Å². The first-order valence-corrected chi connectivity index (χ1v) is 12.7. The van der Waals surface area contributed by atoms with Crippen LogP contribution in [0.1, 0.15) is 35.2 Å². The standard InChI is InChI=1S/C27H32N2O5S/c1-18-7-11-23(12-8-18)35(31,32)29(25-16-22(33-5)10-14-26(25)34-6)17-27(30)28-21(4)24-13-9-19(2)15-20(24)3/h7-16,21H,17H2,1-6H3,(H,28,30)/t21-/m0/s1. The third-order valence-electron chi connectivity index (χ3n) is 5.82. The zero-order valence-electron chi connectivity index (χ0n) is 21.0. The van der Waals surface area contributed by atoms with E-state index < -0.39 is 22.5 Å². The van der Waals surface area contributed by atoms with Crippen LogP contribution in [0.4, 0.5) is 5.69 Å². The number of anilines is 1. The third kappa shape index (κ3) is 5.95. The molecule has 0 spiro atoms. The predicted molar refractivity (Wildman–Crippen MR) is 138 cm³/mol. The number of amides is 1. The second kappa shape index (κ2) is 10.8. The maximum Gasteiger partial charge on any atom is 0.264 e. The van der Waals surface area contributed by atoms with Crippen LogP contribution in [0.5, 0.6) is 11.5 Å². The molecule has 0 fully saturated rings. The number of hydrogen-bond acceptors (Lipinski definition) is 5. The average Bonchev–Trinajstić information content (AvgIpc) is 2.82. The van der Waals surface area contributed by atoms with E-state index in [-0.39, 0.29) is 16.6 Å². The van der Waals surface area contributed by atoms with Crippen LogP contribution < -0.4 is 19.1 Å². The fourth-order valence-corrected chi connectivity index (χ4v) is 5.36. The van der Waals surface area contributed by atoms with Gasteiger partial charge in [0, 0.05) is 6.07 Å². The summed E-state index contributed by atoms with van der Waals surface area (Å²) in [5, 5.41) is 2.94. The number of aryl methyl sites for hydroxylation is 3. The summed E-state index contributed by atoms with van der Waals surface area (Å²) in [6.45, 7) is 7.31. The van der Waals surface area contributed by atoms with Gasteiger partial charge in [0.15, 0.2) is 0 Å². The van der Waals surface area contributed by atoms with Crippen molar-refractivity contribution < 1.29 is 22.7 Å². The number of methoxy groups -OCH3 is 2. The SMILES string of the molecule is COc1ccc(OC)c(N(CC(=O)N[C@@H](C)c2ccc(C)cc2C)S(=O)(=O)c2ccc(C)cc2)c1. The van der Waals surface area contributed by atoms with E-state index in [1.165, 1.54) is 26.4 Å². The molecule has 1 amide bonds. The van der Waals surface area contributed by atoms with Gasteiger partial charge in [0.2, 0.25) is 5.91 Å². The zero-order valence-corrected chi connectivity index (χ0v) is 21.8. The Morgan fingerprint density at radius 3 is 2.17 bits per heavy atom. The van der Waals surface area contributed by atoms with Crippen molar-refractivity contribution in [2.45, 2.75) is 38.6 Å². The summed E-state index contributed by atoms with van der Waals surface area (Å²) in [4.78, 5) is 13.3. The highest BCUT2D eigenvalue weighted by Gasteiger charge is 2.30. The van der Waals surface area contributed by atoms with Crippen LogP contribution in [0.2, 0.25) is 0 Å². The number of benzene rings is 3. The first-order valence-electron chi connectivity index (χ1n) is 11.2. The van der Waals surface area contributed by atoms with E-state index in [1.807, 2.05) is 45.9 Å². The Kier molecular flexibility index (Phi) is 8.07. The molecule has 0 heterocycles. The van der Waals surface area contributed by atoms with Gasteiger partial charge >= 0.3 is 0 Å². The molecule has 35 heavy (non-hydrogen) atoms. The normalized spacial score (nSPS) is 12.1. The van der Waals surface area contributed by atoms with Gasteiger partial charge in [0.25, 0.3) is 10.0 Å². The fourth-order valence-electron chi connectivity index (χ4n) is 3.94. The van der Waals surface area contributed by atoms with Gasteiger partial charge in [-0.2, -0.15) is 0 Å². The number of hydrogen-bond donors (Lipinski definition) is 1. The van der Waals surface area contributed by atoms with Crippen LogP contribution in [-0.4, -0.2) is 35.1 Å². The molecule has 1 N–H and O–H groups in total. The molecular formula is C27H32N2O5S. The first kappa shape index (κ1) is 26.1. The lowest BCUT2D eigenvalue weighted by Gasteiger charge is -2.27. The van der Waals surface area contributed by atoms with Crippen molar-refractivity contribution in [2.24, 2.45) is 0 Å². The Balaban J connectivity index is 2.00. The van der Waals surface area contributed by atoms with E-state index in [4.69, 9.17) is 9.47 Å². The highest BCUT2D eigenvalue weighted by molar-refractivity contribution is 7.92. The molecule has 0 aliphatic heterocycles. The van der Waals surface area contributed by atoms with E-state index in [2.05, 4.69) is 5.32 Å². The molecule has 3 aromatic carbocycles. The summed E-state index contributed by atoms with van der Waals surface area (Å²) < 4.78 is 39.3. The molecule has 0 radical (unpaired) electrons. The van der Waals surface area contributed by atoms with Crippen molar-refractivity contribution in [3.8, 4) is 11.5 Å². The summed E-state index contributed by atoms with van der Waals surface area (Å²) >= 11 is 0. The predicted octanol–water partition coefficient (Wildman–Crippen LogP) is 4.70. The lowest BCUT2D eigenvalue weighted by molar-refractivity contribution is -0.120. The van der Waals surface area contributed by atoms with E-state index in [0.29, 0.717) is 11.5 Å². The fraction of sp³-hybridized carbons (Fsp3) is 0.296. The largest absolute Gasteiger partial charge is 0.497 e. The number of nitrogens with one attached hydrogen (secondary N) is 1. The van der Waals surface area contributed by atoms with E-state index in [1.54, 1.807) is 30.3 Å². The lowest BCUT2D eigenvalue weighted by Crippen LogP contribution is -2.41. The Morgan fingerprint density at radius 1 is 0.914 bits per heavy atom. The lowest BCUT2D eigenvalue weighted by atomic mass is 10.0. The van der Waals surface area contributed by atoms with Gasteiger partial charge in [0.1, 0.15) is 18.0 Å². The van der Waals surface area contributed by atoms with Gasteiger partial charge in [-0.3, -0.25) is 9.10 Å². The zero-order chi connectivity index (χ0) is 25.8. The minimum absolute atomic E-state index is 0.0724. The van der Waals surface area contributed by atoms with Crippen LogP contribution in [0.3, 0.4) is 0 Å². The van der Waals surface area contributed by atoms with Gasteiger partial charge in [-0.1, -0.05) is 41.5 Å². The highest BCUT2D eigenvalue weighted by Crippen LogP contribution is 2.35. The monoisotopic (exact) mass is 496 g/mol. The molecule has 0 saturated heterocycles. The minimum atomic E-state index is -4.10. The number of sulfonamides is 1. The smallest absolute Gasteiger partial charge is 0.264 e. The summed E-state index contributed by atoms with van der Waals surface area (Å²) in [7, 11) is -1.16. The molecule has 0 bridgehead atoms. The average molecular weight is 497 g/mol. The molecule has 3 rings (SSSR count). The van der Waals surface area contributed by atoms with Crippen molar-refractivity contribution in [3.63, 3.8) is 0 Å². The molecule has 7 nitrogen and oxygen atoms in total. The Labute approximate surface area is 207 Å². The molecule has 0 aromatic heterocycles. The molecule has 186 valence electrons. The van der Waals surface area contributed by atoms with Crippen LogP contribution in [0, 0.1) is 20.8 Å². The maximum absolute atomic E-state index is 13.7. The molecule has 0 aliphatic rings. The van der Waals surface area contributed by atoms with Crippen molar-refractivity contribution in [1.82, 2.24) is 5.32 Å². The summed E-state index contributed by atoms with van der Waals surface area (Å²) in [6.07, 6.45) is 0. The van der Waals surface area contributed by atoms with Gasteiger partial charge in [-0.25, -0.2) is 8.42 Å². The molecular weight excluding hydrogens is 464 g/mol.